The summed E-state index contributed by atoms with van der Waals surface area (Å²) in [6, 6.07) is 27.0. The van der Waals surface area contributed by atoms with Gasteiger partial charge in [0.25, 0.3) is 21.8 Å². The molecule has 1 fully saturated rings. The summed E-state index contributed by atoms with van der Waals surface area (Å²) in [5.41, 5.74) is 3.74. The topological polar surface area (TPSA) is 144 Å². The Bertz CT molecular complexity index is 2210. The predicted octanol–water partition coefficient (Wildman–Crippen LogP) is 4.00. The highest BCUT2D eigenvalue weighted by Gasteiger charge is 2.40. The number of benzene rings is 4. The van der Waals surface area contributed by atoms with Gasteiger partial charge < -0.3 is 15.0 Å². The zero-order chi connectivity index (χ0) is 33.4. The lowest BCUT2D eigenvalue weighted by molar-refractivity contribution is -0.137. The quantitative estimate of drug-likeness (QED) is 0.227. The number of hydrogen-bond acceptors (Lipinski definition) is 7. The van der Waals surface area contributed by atoms with Crippen LogP contribution in [0.3, 0.4) is 0 Å². The average molecular weight is 663 g/mol. The Hall–Kier alpha value is -5.75. The van der Waals surface area contributed by atoms with E-state index >= 15 is 0 Å². The lowest BCUT2D eigenvalue weighted by atomic mass is 9.96. The molecule has 12 heteroatoms. The van der Waals surface area contributed by atoms with Crippen LogP contribution in [0.25, 0.3) is 22.0 Å². The van der Waals surface area contributed by atoms with E-state index in [0.717, 1.165) is 11.1 Å². The first-order chi connectivity index (χ1) is 23.2. The van der Waals surface area contributed by atoms with Crippen molar-refractivity contribution in [2.24, 2.45) is 0 Å². The molecule has 2 N–H and O–H groups in total. The Kier molecular flexibility index (Phi) is 8.01. The van der Waals surface area contributed by atoms with Gasteiger partial charge in [0.1, 0.15) is 11.8 Å². The Morgan fingerprint density at radius 1 is 0.854 bits per heavy atom. The molecule has 2 aliphatic rings. The summed E-state index contributed by atoms with van der Waals surface area (Å²) < 4.78 is 34.1. The number of para-hydroxylation sites is 2. The Morgan fingerprint density at radius 2 is 1.56 bits per heavy atom. The van der Waals surface area contributed by atoms with E-state index in [0.29, 0.717) is 33.3 Å². The monoisotopic (exact) mass is 662 g/mol. The SMILES string of the molecule is O=C(COc1ccccc1-c1cccc2c1CN(C1CCC(=O)NC1=O)C2=O)NCc1cn(S(=O)(=O)c2ccccc2)c2ccccc12. The minimum atomic E-state index is -3.86. The van der Waals surface area contributed by atoms with Crippen LogP contribution in [0.4, 0.5) is 0 Å². The molecule has 7 rings (SSSR count). The number of imide groups is 1. The molecule has 5 aromatic rings. The van der Waals surface area contributed by atoms with Crippen molar-refractivity contribution in [2.45, 2.75) is 36.9 Å². The maximum absolute atomic E-state index is 13.4. The number of amides is 4. The van der Waals surface area contributed by atoms with E-state index < -0.39 is 27.9 Å². The van der Waals surface area contributed by atoms with Gasteiger partial charge in [-0.15, -0.1) is 0 Å². The maximum atomic E-state index is 13.4. The minimum Gasteiger partial charge on any atom is -0.483 e. The molecular formula is C36H30N4O7S. The van der Waals surface area contributed by atoms with Crippen molar-refractivity contribution >= 4 is 44.6 Å². The summed E-state index contributed by atoms with van der Waals surface area (Å²) in [6.07, 6.45) is 1.95. The van der Waals surface area contributed by atoms with E-state index in [2.05, 4.69) is 10.6 Å². The average Bonchev–Trinajstić information content (AvgIpc) is 3.65. The van der Waals surface area contributed by atoms with Gasteiger partial charge in [0.15, 0.2) is 6.61 Å². The van der Waals surface area contributed by atoms with Gasteiger partial charge >= 0.3 is 0 Å². The molecule has 3 heterocycles. The number of ether oxygens (including phenoxy) is 1. The first kappa shape index (κ1) is 30.9. The summed E-state index contributed by atoms with van der Waals surface area (Å²) in [5, 5.41) is 5.86. The summed E-state index contributed by atoms with van der Waals surface area (Å²) in [7, 11) is -3.86. The van der Waals surface area contributed by atoms with E-state index in [9.17, 15) is 27.6 Å². The number of carbonyl (C=O) groups excluding carboxylic acids is 4. The van der Waals surface area contributed by atoms with Crippen molar-refractivity contribution in [1.29, 1.82) is 0 Å². The summed E-state index contributed by atoms with van der Waals surface area (Å²) in [4.78, 5) is 52.2. The predicted molar refractivity (Wildman–Crippen MR) is 176 cm³/mol. The molecule has 1 atom stereocenters. The van der Waals surface area contributed by atoms with Crippen LogP contribution in [0.15, 0.2) is 108 Å². The normalized spacial score (nSPS) is 16.1. The first-order valence-corrected chi connectivity index (χ1v) is 16.8. The zero-order valence-electron chi connectivity index (χ0n) is 25.6. The van der Waals surface area contributed by atoms with Gasteiger partial charge in [-0.1, -0.05) is 66.7 Å². The number of nitrogens with zero attached hydrogens (tertiary/aromatic N) is 2. The third-order valence-corrected chi connectivity index (χ3v) is 10.3. The molecule has 0 aliphatic carbocycles. The highest BCUT2D eigenvalue weighted by atomic mass is 32.2. The van der Waals surface area contributed by atoms with Crippen molar-refractivity contribution < 1.29 is 32.3 Å². The van der Waals surface area contributed by atoms with Crippen molar-refractivity contribution in [1.82, 2.24) is 19.5 Å². The Balaban J connectivity index is 1.07. The molecule has 0 bridgehead atoms. The smallest absolute Gasteiger partial charge is 0.268 e. The van der Waals surface area contributed by atoms with Crippen LogP contribution in [0, 0.1) is 0 Å². The molecule has 4 amide bonds. The highest BCUT2D eigenvalue weighted by molar-refractivity contribution is 7.90. The molecule has 1 aromatic heterocycles. The summed E-state index contributed by atoms with van der Waals surface area (Å²) in [6.45, 7) is -0.0422. The summed E-state index contributed by atoms with van der Waals surface area (Å²) >= 11 is 0. The zero-order valence-corrected chi connectivity index (χ0v) is 26.4. The molecule has 4 aromatic carbocycles. The maximum Gasteiger partial charge on any atom is 0.268 e. The van der Waals surface area contributed by atoms with Crippen LogP contribution in [0.5, 0.6) is 5.75 Å². The lowest BCUT2D eigenvalue weighted by Crippen LogP contribution is -2.52. The molecule has 0 radical (unpaired) electrons. The lowest BCUT2D eigenvalue weighted by Gasteiger charge is -2.29. The largest absolute Gasteiger partial charge is 0.483 e. The molecule has 0 spiro atoms. The number of carbonyl (C=O) groups is 4. The van der Waals surface area contributed by atoms with Gasteiger partial charge in [-0.05, 0) is 53.4 Å². The summed E-state index contributed by atoms with van der Waals surface area (Å²) in [5.74, 6) is -1.09. The van der Waals surface area contributed by atoms with Gasteiger partial charge in [0.2, 0.25) is 11.8 Å². The van der Waals surface area contributed by atoms with Crippen LogP contribution < -0.4 is 15.4 Å². The van der Waals surface area contributed by atoms with Crippen LogP contribution >= 0.6 is 0 Å². The second-order valence-corrected chi connectivity index (χ2v) is 13.4. The van der Waals surface area contributed by atoms with Gasteiger partial charge in [-0.25, -0.2) is 12.4 Å². The van der Waals surface area contributed by atoms with Crippen LogP contribution in [0.1, 0.15) is 34.3 Å². The van der Waals surface area contributed by atoms with Gasteiger partial charge in [0.05, 0.1) is 10.4 Å². The molecule has 242 valence electrons. The second-order valence-electron chi connectivity index (χ2n) is 11.6. The van der Waals surface area contributed by atoms with Crippen LogP contribution in [0.2, 0.25) is 0 Å². The van der Waals surface area contributed by atoms with Crippen molar-refractivity contribution in [3.63, 3.8) is 0 Å². The molecule has 2 aliphatic heterocycles. The molecular weight excluding hydrogens is 632 g/mol. The van der Waals surface area contributed by atoms with Crippen molar-refractivity contribution in [2.75, 3.05) is 6.61 Å². The van der Waals surface area contributed by atoms with E-state index in [1.54, 1.807) is 54.6 Å². The third-order valence-electron chi connectivity index (χ3n) is 8.65. The van der Waals surface area contributed by atoms with E-state index in [1.807, 2.05) is 30.3 Å². The minimum absolute atomic E-state index is 0.0755. The molecule has 1 saturated heterocycles. The van der Waals surface area contributed by atoms with Crippen molar-refractivity contribution in [3.8, 4) is 16.9 Å². The van der Waals surface area contributed by atoms with E-state index in [-0.39, 0.29) is 49.2 Å². The van der Waals surface area contributed by atoms with Gasteiger partial charge in [-0.3, -0.25) is 24.5 Å². The number of rotatable bonds is 9. The highest BCUT2D eigenvalue weighted by Crippen LogP contribution is 2.38. The van der Waals surface area contributed by atoms with E-state index in [4.69, 9.17) is 4.74 Å². The van der Waals surface area contributed by atoms with Crippen LogP contribution in [-0.2, 0) is 37.5 Å². The Morgan fingerprint density at radius 3 is 2.38 bits per heavy atom. The molecule has 11 nitrogen and oxygen atoms in total. The molecule has 48 heavy (non-hydrogen) atoms. The third kappa shape index (κ3) is 5.60. The van der Waals surface area contributed by atoms with Crippen LogP contribution in [-0.4, -0.2) is 53.6 Å². The fourth-order valence-corrected chi connectivity index (χ4v) is 7.72. The van der Waals surface area contributed by atoms with Crippen molar-refractivity contribution in [3.05, 3.63) is 120 Å². The fourth-order valence-electron chi connectivity index (χ4n) is 6.30. The number of hydrogen-bond donors (Lipinski definition) is 2. The fraction of sp³-hybridized carbons (Fsp3) is 0.167. The Labute approximate surface area is 276 Å². The van der Waals surface area contributed by atoms with E-state index in [1.165, 1.54) is 27.2 Å². The number of aromatic nitrogens is 1. The molecule has 1 unspecified atom stereocenters. The first-order valence-electron chi connectivity index (χ1n) is 15.4. The molecule has 0 saturated carbocycles. The van der Waals surface area contributed by atoms with Gasteiger partial charge in [0, 0.05) is 42.2 Å². The number of piperidine rings is 1. The number of fused-ring (bicyclic) bond motifs is 2. The number of nitrogens with one attached hydrogen (secondary N) is 2. The van der Waals surface area contributed by atoms with Gasteiger partial charge in [-0.2, -0.15) is 0 Å². The standard InChI is InChI=1S/C36H30N4O7S/c41-33-18-17-31(35(43)38-33)39-21-29-26(13-8-14-28(29)36(39)44)27-12-5-7-16-32(27)47-22-34(42)37-19-23-20-40(30-15-6-4-11-25(23)30)48(45,46)24-9-2-1-3-10-24/h1-16,20,31H,17-19,21-22H2,(H,37,42)(H,38,41,43). The second kappa shape index (κ2) is 12.5.